The Bertz CT molecular complexity index is 698. The Kier molecular flexibility index (Phi) is 4.98. The van der Waals surface area contributed by atoms with Crippen molar-refractivity contribution < 1.29 is 4.74 Å². The molecular weight excluding hydrogens is 290 g/mol. The fourth-order valence-electron chi connectivity index (χ4n) is 2.10. The van der Waals surface area contributed by atoms with Crippen LogP contribution in [0.1, 0.15) is 12.5 Å². The smallest absolute Gasteiger partial charge is 0.271 e. The van der Waals surface area contributed by atoms with E-state index in [1.807, 2.05) is 13.0 Å². The summed E-state index contributed by atoms with van der Waals surface area (Å²) in [5.74, 6) is 0.611. The minimum atomic E-state index is -0.0739. The summed E-state index contributed by atoms with van der Waals surface area (Å²) in [5, 5.41) is 7.89. The lowest BCUT2D eigenvalue weighted by Gasteiger charge is -2.10. The molecule has 5 nitrogen and oxygen atoms in total. The fraction of sp³-hybridized carbons (Fsp3) is 0.333. The molecule has 112 valence electrons. The van der Waals surface area contributed by atoms with E-state index in [0.717, 1.165) is 5.56 Å². The van der Waals surface area contributed by atoms with Gasteiger partial charge in [0.05, 0.1) is 17.8 Å². The Morgan fingerprint density at radius 1 is 1.38 bits per heavy atom. The number of hydrogen-bond donors (Lipinski definition) is 1. The van der Waals surface area contributed by atoms with Gasteiger partial charge < -0.3 is 10.1 Å². The molecule has 6 heteroatoms. The van der Waals surface area contributed by atoms with Crippen molar-refractivity contribution in [3.8, 4) is 17.0 Å². The third kappa shape index (κ3) is 3.25. The Labute approximate surface area is 128 Å². The highest BCUT2D eigenvalue weighted by Crippen LogP contribution is 2.29. The second kappa shape index (κ2) is 6.74. The molecule has 1 heterocycles. The monoisotopic (exact) mass is 307 g/mol. The van der Waals surface area contributed by atoms with Gasteiger partial charge in [-0.3, -0.25) is 4.79 Å². The molecule has 2 rings (SSSR count). The highest BCUT2D eigenvalue weighted by Gasteiger charge is 2.10. The molecule has 0 spiro atoms. The molecule has 1 aromatic carbocycles. The van der Waals surface area contributed by atoms with Crippen LogP contribution in [0, 0.1) is 0 Å². The highest BCUT2D eigenvalue weighted by atomic mass is 35.5. The van der Waals surface area contributed by atoms with Gasteiger partial charge in [0.1, 0.15) is 5.75 Å². The van der Waals surface area contributed by atoms with Crippen LogP contribution in [0.25, 0.3) is 11.3 Å². The molecule has 1 N–H and O–H groups in total. The SMILES string of the molecule is CCn1nc(-c2ccc(OC)c(Cl)c2)cc(CNC)c1=O. The molecule has 0 amide bonds. The lowest BCUT2D eigenvalue weighted by molar-refractivity contribution is 0.415. The van der Waals surface area contributed by atoms with Crippen LogP contribution in [0.3, 0.4) is 0 Å². The second-order valence-electron chi connectivity index (χ2n) is 4.56. The zero-order chi connectivity index (χ0) is 15.4. The fourth-order valence-corrected chi connectivity index (χ4v) is 2.35. The van der Waals surface area contributed by atoms with Crippen molar-refractivity contribution >= 4 is 11.6 Å². The normalized spacial score (nSPS) is 10.7. The van der Waals surface area contributed by atoms with Gasteiger partial charge in [-0.2, -0.15) is 5.10 Å². The maximum absolute atomic E-state index is 12.2. The first-order valence-corrected chi connectivity index (χ1v) is 7.08. The van der Waals surface area contributed by atoms with Crippen molar-refractivity contribution in [2.45, 2.75) is 20.0 Å². The third-order valence-corrected chi connectivity index (χ3v) is 3.46. The first-order chi connectivity index (χ1) is 10.1. The lowest BCUT2D eigenvalue weighted by Crippen LogP contribution is -2.28. The van der Waals surface area contributed by atoms with Crippen LogP contribution in [0.5, 0.6) is 5.75 Å². The van der Waals surface area contributed by atoms with E-state index in [4.69, 9.17) is 16.3 Å². The van der Waals surface area contributed by atoms with E-state index in [-0.39, 0.29) is 5.56 Å². The minimum Gasteiger partial charge on any atom is -0.495 e. The predicted molar refractivity (Wildman–Crippen MR) is 83.9 cm³/mol. The van der Waals surface area contributed by atoms with Gasteiger partial charge in [0.25, 0.3) is 5.56 Å². The number of aromatic nitrogens is 2. The lowest BCUT2D eigenvalue weighted by atomic mass is 10.1. The van der Waals surface area contributed by atoms with Crippen LogP contribution in [-0.4, -0.2) is 23.9 Å². The van der Waals surface area contributed by atoms with E-state index in [1.54, 1.807) is 32.4 Å². The van der Waals surface area contributed by atoms with Gasteiger partial charge in [-0.1, -0.05) is 11.6 Å². The Morgan fingerprint density at radius 2 is 2.14 bits per heavy atom. The summed E-state index contributed by atoms with van der Waals surface area (Å²) in [6.45, 7) is 2.91. The predicted octanol–water partition coefficient (Wildman–Crippen LogP) is 2.31. The third-order valence-electron chi connectivity index (χ3n) is 3.16. The average Bonchev–Trinajstić information content (AvgIpc) is 2.49. The maximum Gasteiger partial charge on any atom is 0.271 e. The van der Waals surface area contributed by atoms with Gasteiger partial charge in [-0.25, -0.2) is 4.68 Å². The summed E-state index contributed by atoms with van der Waals surface area (Å²) in [7, 11) is 3.38. The molecule has 2 aromatic rings. The number of rotatable bonds is 5. The molecule has 0 fully saturated rings. The first kappa shape index (κ1) is 15.5. The van der Waals surface area contributed by atoms with Crippen LogP contribution >= 0.6 is 11.6 Å². The number of benzene rings is 1. The molecule has 0 aliphatic carbocycles. The van der Waals surface area contributed by atoms with Crippen LogP contribution in [0.2, 0.25) is 5.02 Å². The quantitative estimate of drug-likeness (QED) is 0.921. The van der Waals surface area contributed by atoms with Crippen molar-refractivity contribution in [3.05, 3.63) is 45.2 Å². The Hall–Kier alpha value is -1.85. The molecule has 0 radical (unpaired) electrons. The summed E-state index contributed by atoms with van der Waals surface area (Å²) in [6, 6.07) is 7.25. The van der Waals surface area contributed by atoms with Gasteiger partial charge in [0, 0.05) is 24.2 Å². The van der Waals surface area contributed by atoms with Crippen LogP contribution in [0.15, 0.2) is 29.1 Å². The Balaban J connectivity index is 2.55. The molecule has 0 aliphatic rings. The van der Waals surface area contributed by atoms with Gasteiger partial charge in [0.2, 0.25) is 0 Å². The molecule has 0 saturated heterocycles. The van der Waals surface area contributed by atoms with Crippen LogP contribution in [0.4, 0.5) is 0 Å². The van der Waals surface area contributed by atoms with Crippen molar-refractivity contribution in [1.82, 2.24) is 15.1 Å². The van der Waals surface area contributed by atoms with E-state index < -0.39 is 0 Å². The standard InChI is InChI=1S/C15H18ClN3O2/c1-4-19-15(20)11(9-17-2)8-13(18-19)10-5-6-14(21-3)12(16)7-10/h5-8,17H,4,9H2,1-3H3. The molecule has 0 atom stereocenters. The van der Waals surface area contributed by atoms with Crippen LogP contribution < -0.4 is 15.6 Å². The van der Waals surface area contributed by atoms with Gasteiger partial charge in [-0.05, 0) is 38.2 Å². The second-order valence-corrected chi connectivity index (χ2v) is 4.96. The zero-order valence-electron chi connectivity index (χ0n) is 12.3. The minimum absolute atomic E-state index is 0.0739. The number of nitrogens with one attached hydrogen (secondary N) is 1. The summed E-state index contributed by atoms with van der Waals surface area (Å²) < 4.78 is 6.60. The van der Waals surface area contributed by atoms with Crippen molar-refractivity contribution in [2.75, 3.05) is 14.2 Å². The van der Waals surface area contributed by atoms with E-state index in [9.17, 15) is 4.79 Å². The maximum atomic E-state index is 12.2. The summed E-state index contributed by atoms with van der Waals surface area (Å²) in [6.07, 6.45) is 0. The molecule has 0 saturated carbocycles. The number of hydrogen-bond acceptors (Lipinski definition) is 4. The van der Waals surface area contributed by atoms with Gasteiger partial charge in [0.15, 0.2) is 0 Å². The molecule has 0 bridgehead atoms. The largest absolute Gasteiger partial charge is 0.495 e. The number of halogens is 1. The number of aryl methyl sites for hydroxylation is 1. The van der Waals surface area contributed by atoms with Crippen LogP contribution in [-0.2, 0) is 13.1 Å². The number of nitrogens with zero attached hydrogens (tertiary/aromatic N) is 2. The van der Waals surface area contributed by atoms with Crippen molar-refractivity contribution in [2.24, 2.45) is 0 Å². The Morgan fingerprint density at radius 3 is 2.71 bits per heavy atom. The number of ether oxygens (including phenoxy) is 1. The van der Waals surface area contributed by atoms with E-state index in [2.05, 4.69) is 10.4 Å². The molecular formula is C15H18ClN3O2. The van der Waals surface area contributed by atoms with Crippen molar-refractivity contribution in [3.63, 3.8) is 0 Å². The molecule has 0 unspecified atom stereocenters. The molecule has 1 aromatic heterocycles. The number of methoxy groups -OCH3 is 1. The van der Waals surface area contributed by atoms with Gasteiger partial charge in [-0.15, -0.1) is 0 Å². The zero-order valence-corrected chi connectivity index (χ0v) is 13.1. The topological polar surface area (TPSA) is 56.1 Å². The van der Waals surface area contributed by atoms with E-state index in [1.165, 1.54) is 4.68 Å². The summed E-state index contributed by atoms with van der Waals surface area (Å²) in [4.78, 5) is 12.2. The highest BCUT2D eigenvalue weighted by molar-refractivity contribution is 6.32. The molecule has 0 aliphatic heterocycles. The first-order valence-electron chi connectivity index (χ1n) is 6.70. The summed E-state index contributed by atoms with van der Waals surface area (Å²) in [5.41, 5.74) is 2.16. The van der Waals surface area contributed by atoms with Gasteiger partial charge >= 0.3 is 0 Å². The average molecular weight is 308 g/mol. The molecule has 21 heavy (non-hydrogen) atoms. The van der Waals surface area contributed by atoms with E-state index in [0.29, 0.717) is 35.1 Å². The van der Waals surface area contributed by atoms with Crippen molar-refractivity contribution in [1.29, 1.82) is 0 Å². The van der Waals surface area contributed by atoms with E-state index >= 15 is 0 Å². The summed E-state index contributed by atoms with van der Waals surface area (Å²) >= 11 is 6.15.